The normalized spacial score (nSPS) is 41.9. The molecule has 8 atom stereocenters. The second kappa shape index (κ2) is 7.97. The van der Waals surface area contributed by atoms with Gasteiger partial charge in [-0.05, 0) is 73.3 Å². The van der Waals surface area contributed by atoms with E-state index >= 15 is 0 Å². The summed E-state index contributed by atoms with van der Waals surface area (Å²) in [6.07, 6.45) is 3.47. The Kier molecular flexibility index (Phi) is 5.48. The summed E-state index contributed by atoms with van der Waals surface area (Å²) in [5.41, 5.74) is 1.32. The molecule has 2 aromatic rings. The highest BCUT2D eigenvalue weighted by atomic mass is 35.5. The lowest BCUT2D eigenvalue weighted by molar-refractivity contribution is -0.0973. The number of anilines is 1. The van der Waals surface area contributed by atoms with Crippen LogP contribution in [0.4, 0.5) is 5.82 Å². The number of aromatic nitrogens is 4. The van der Waals surface area contributed by atoms with Crippen LogP contribution >= 0.6 is 11.6 Å². The van der Waals surface area contributed by atoms with Crippen molar-refractivity contribution in [3.05, 3.63) is 11.6 Å². The fourth-order valence-electron chi connectivity index (χ4n) is 8.46. The number of hydrogen-bond acceptors (Lipinski definition) is 9. The number of ether oxygens (including phenoxy) is 1. The molecule has 13 heteroatoms. The Hall–Kier alpha value is -1.57. The molecule has 0 amide bonds. The Bertz CT molecular complexity index is 1300. The standard InChI is InChI=1S/C23H32ClN5O6S/c1-21-5-12-6-22(2,8-21)10-23(7-12,9-21)28-17-14-18(27-20(24)26-17)29(11-25-14)19-16(31)15(30)13(35-19)3-4-36(32,33)34/h11-13,15-16,19,30-31H,3-10H2,1-2H3,(H,26,27,28)(H,32,33,34)/t12-,13-,15?,16+,19-,21+,22-,23-/m1/s1. The number of imidazole rings is 1. The van der Waals surface area contributed by atoms with E-state index in [1.165, 1.54) is 30.2 Å². The lowest BCUT2D eigenvalue weighted by atomic mass is 9.43. The maximum Gasteiger partial charge on any atom is 0.264 e. The van der Waals surface area contributed by atoms with Gasteiger partial charge in [0.05, 0.1) is 18.2 Å². The van der Waals surface area contributed by atoms with E-state index in [1.54, 1.807) is 0 Å². The molecule has 0 spiro atoms. The number of nitrogens with one attached hydrogen (secondary N) is 1. The van der Waals surface area contributed by atoms with Crippen molar-refractivity contribution < 1.29 is 27.9 Å². The number of halogens is 1. The first-order chi connectivity index (χ1) is 16.8. The third-order valence-corrected chi connectivity index (χ3v) is 9.60. The Morgan fingerprint density at radius 1 is 1.14 bits per heavy atom. The van der Waals surface area contributed by atoms with Crippen LogP contribution in [0.5, 0.6) is 0 Å². The summed E-state index contributed by atoms with van der Waals surface area (Å²) in [5, 5.41) is 24.9. The summed E-state index contributed by atoms with van der Waals surface area (Å²) in [6.45, 7) is 4.79. The molecule has 2 aromatic heterocycles. The Labute approximate surface area is 214 Å². The molecule has 11 nitrogen and oxygen atoms in total. The van der Waals surface area contributed by atoms with E-state index in [-0.39, 0.29) is 17.2 Å². The maximum atomic E-state index is 11.1. The van der Waals surface area contributed by atoms with Crippen molar-refractivity contribution in [2.24, 2.45) is 16.7 Å². The highest BCUT2D eigenvalue weighted by molar-refractivity contribution is 7.85. The van der Waals surface area contributed by atoms with Crippen LogP contribution < -0.4 is 5.32 Å². The highest BCUT2D eigenvalue weighted by Gasteiger charge is 2.60. The minimum atomic E-state index is -4.24. The molecule has 4 saturated carbocycles. The van der Waals surface area contributed by atoms with E-state index in [9.17, 15) is 18.6 Å². The minimum Gasteiger partial charge on any atom is -0.388 e. The lowest BCUT2D eigenvalue weighted by Gasteiger charge is -2.65. The smallest absolute Gasteiger partial charge is 0.264 e. The first kappa shape index (κ1) is 24.7. The molecule has 1 saturated heterocycles. The molecular weight excluding hydrogens is 510 g/mol. The Balaban J connectivity index is 1.31. The molecule has 5 aliphatic rings. The predicted molar refractivity (Wildman–Crippen MR) is 131 cm³/mol. The van der Waals surface area contributed by atoms with E-state index in [2.05, 4.69) is 34.1 Å². The van der Waals surface area contributed by atoms with Crippen molar-refractivity contribution in [3.8, 4) is 0 Å². The second-order valence-electron chi connectivity index (χ2n) is 12.3. The topological polar surface area (TPSA) is 160 Å². The number of aliphatic hydroxyl groups excluding tert-OH is 2. The Morgan fingerprint density at radius 2 is 1.83 bits per heavy atom. The third-order valence-electron chi connectivity index (χ3n) is 8.68. The summed E-state index contributed by atoms with van der Waals surface area (Å²) in [4.78, 5) is 13.3. The summed E-state index contributed by atoms with van der Waals surface area (Å²) >= 11 is 6.34. The molecule has 4 bridgehead atoms. The van der Waals surface area contributed by atoms with Crippen LogP contribution in [0.2, 0.25) is 5.28 Å². The second-order valence-corrected chi connectivity index (χ2v) is 14.2. The first-order valence-electron chi connectivity index (χ1n) is 12.4. The zero-order valence-corrected chi connectivity index (χ0v) is 21.8. The summed E-state index contributed by atoms with van der Waals surface area (Å²) in [5.74, 6) is 0.619. The zero-order chi connectivity index (χ0) is 25.7. The van der Waals surface area contributed by atoms with Crippen LogP contribution in [0.3, 0.4) is 0 Å². The van der Waals surface area contributed by atoms with Crippen molar-refractivity contribution >= 4 is 38.7 Å². The van der Waals surface area contributed by atoms with Crippen LogP contribution in [0.1, 0.15) is 65.0 Å². The molecule has 7 rings (SSSR count). The summed E-state index contributed by atoms with van der Waals surface area (Å²) in [6, 6.07) is 0. The summed E-state index contributed by atoms with van der Waals surface area (Å²) in [7, 11) is -4.24. The van der Waals surface area contributed by atoms with Gasteiger partial charge in [-0.3, -0.25) is 9.12 Å². The molecular formula is C23H32ClN5O6S. The summed E-state index contributed by atoms with van der Waals surface area (Å²) < 4.78 is 38.6. The minimum absolute atomic E-state index is 0.0184. The van der Waals surface area contributed by atoms with Gasteiger partial charge in [-0.1, -0.05) is 13.8 Å². The SMILES string of the molecule is C[C@]12C[C@@H]3C[C@](C)(C1)C[C@@](Nc1nc(Cl)nc4c1ncn4[C@@H]1O[C@H](CCS(=O)(=O)O)C(O)[C@@H]1O)(C3)C2. The van der Waals surface area contributed by atoms with E-state index in [0.29, 0.717) is 33.7 Å². The van der Waals surface area contributed by atoms with E-state index in [0.717, 1.165) is 19.3 Å². The van der Waals surface area contributed by atoms with Gasteiger partial charge in [-0.15, -0.1) is 0 Å². The van der Waals surface area contributed by atoms with Gasteiger partial charge < -0.3 is 20.3 Å². The van der Waals surface area contributed by atoms with Gasteiger partial charge in [0.15, 0.2) is 23.2 Å². The molecule has 0 radical (unpaired) electrons. The number of rotatable bonds is 6. The maximum absolute atomic E-state index is 11.1. The fraction of sp³-hybridized carbons (Fsp3) is 0.783. The number of fused-ring (bicyclic) bond motifs is 1. The van der Waals surface area contributed by atoms with Crippen LogP contribution in [0.15, 0.2) is 6.33 Å². The van der Waals surface area contributed by atoms with Crippen LogP contribution in [-0.2, 0) is 14.9 Å². The van der Waals surface area contributed by atoms with Crippen LogP contribution in [0.25, 0.3) is 11.2 Å². The molecule has 0 aromatic carbocycles. The lowest BCUT2D eigenvalue weighted by Crippen LogP contribution is -2.61. The van der Waals surface area contributed by atoms with Crippen molar-refractivity contribution in [3.63, 3.8) is 0 Å². The molecule has 4 N–H and O–H groups in total. The average Bonchev–Trinajstić information content (AvgIpc) is 3.24. The van der Waals surface area contributed by atoms with Crippen molar-refractivity contribution in [1.82, 2.24) is 19.5 Å². The molecule has 198 valence electrons. The average molecular weight is 542 g/mol. The quantitative estimate of drug-likeness (QED) is 0.316. The molecule has 5 fully saturated rings. The van der Waals surface area contributed by atoms with Crippen LogP contribution in [0, 0.1) is 16.7 Å². The van der Waals surface area contributed by atoms with Crippen molar-refractivity contribution in [2.75, 3.05) is 11.1 Å². The van der Waals surface area contributed by atoms with Crippen LogP contribution in [-0.4, -0.2) is 72.3 Å². The molecule has 3 heterocycles. The van der Waals surface area contributed by atoms with Gasteiger partial charge in [-0.25, -0.2) is 4.98 Å². The number of aliphatic hydroxyl groups is 2. The van der Waals surface area contributed by atoms with Gasteiger partial charge in [0.25, 0.3) is 10.1 Å². The van der Waals surface area contributed by atoms with E-state index < -0.39 is 40.4 Å². The number of nitrogens with zero attached hydrogens (tertiary/aromatic N) is 4. The highest BCUT2D eigenvalue weighted by Crippen LogP contribution is 2.66. The van der Waals surface area contributed by atoms with E-state index in [4.69, 9.17) is 20.9 Å². The number of hydrogen-bond donors (Lipinski definition) is 4. The Morgan fingerprint density at radius 3 is 2.47 bits per heavy atom. The molecule has 1 unspecified atom stereocenters. The monoisotopic (exact) mass is 541 g/mol. The van der Waals surface area contributed by atoms with Gasteiger partial charge in [0.1, 0.15) is 12.2 Å². The van der Waals surface area contributed by atoms with Gasteiger partial charge >= 0.3 is 0 Å². The van der Waals surface area contributed by atoms with Gasteiger partial charge in [0, 0.05) is 5.54 Å². The first-order valence-corrected chi connectivity index (χ1v) is 14.4. The van der Waals surface area contributed by atoms with Crippen molar-refractivity contribution in [2.45, 2.75) is 88.9 Å². The van der Waals surface area contributed by atoms with Gasteiger partial charge in [-0.2, -0.15) is 18.4 Å². The third kappa shape index (κ3) is 4.19. The molecule has 1 aliphatic heterocycles. The predicted octanol–water partition coefficient (Wildman–Crippen LogP) is 2.54. The van der Waals surface area contributed by atoms with Gasteiger partial charge in [0.2, 0.25) is 5.28 Å². The van der Waals surface area contributed by atoms with E-state index in [1.807, 2.05) is 0 Å². The molecule has 4 aliphatic carbocycles. The largest absolute Gasteiger partial charge is 0.388 e. The van der Waals surface area contributed by atoms with Crippen molar-refractivity contribution in [1.29, 1.82) is 0 Å². The molecule has 36 heavy (non-hydrogen) atoms. The fourth-order valence-corrected chi connectivity index (χ4v) is 9.16. The zero-order valence-electron chi connectivity index (χ0n) is 20.3.